The normalized spacial score (nSPS) is 17.6. The van der Waals surface area contributed by atoms with E-state index in [2.05, 4.69) is 4.74 Å². The molecule has 2 aliphatic rings. The highest BCUT2D eigenvalue weighted by atomic mass is 35.5. The van der Waals surface area contributed by atoms with Crippen LogP contribution < -0.4 is 14.5 Å². The fourth-order valence-electron chi connectivity index (χ4n) is 4.43. The molecule has 0 bridgehead atoms. The molecule has 2 aromatic rings. The predicted octanol–water partition coefficient (Wildman–Crippen LogP) is 4.52. The average molecular weight is 437 g/mol. The number of rotatable bonds is 4. The van der Waals surface area contributed by atoms with Crippen LogP contribution in [0.25, 0.3) is 0 Å². The molecule has 160 valence electrons. The quantitative estimate of drug-likeness (QED) is 0.659. The molecular formula is C22H23ClF2N2O3. The SMILES string of the molecule is COC(=O)c1cc(F)c(N2CC3(CCN(c4ccc(Cl)cc4F)CC3)C2)cc1OC. The molecule has 4 rings (SSSR count). The number of nitrogens with zero attached hydrogens (tertiary/aromatic N) is 2. The molecule has 0 aromatic heterocycles. The molecule has 8 heteroatoms. The molecule has 0 atom stereocenters. The topological polar surface area (TPSA) is 42.0 Å². The van der Waals surface area contributed by atoms with Crippen LogP contribution in [0, 0.1) is 17.0 Å². The Kier molecular flexibility index (Phi) is 5.49. The van der Waals surface area contributed by atoms with Crippen molar-refractivity contribution >= 4 is 28.9 Å². The van der Waals surface area contributed by atoms with Crippen molar-refractivity contribution in [1.29, 1.82) is 0 Å². The second-order valence-electron chi connectivity index (χ2n) is 7.93. The number of piperidine rings is 1. The lowest BCUT2D eigenvalue weighted by atomic mass is 9.71. The van der Waals surface area contributed by atoms with Gasteiger partial charge in [-0.05, 0) is 37.1 Å². The number of ether oxygens (including phenoxy) is 2. The Morgan fingerprint density at radius 3 is 2.27 bits per heavy atom. The van der Waals surface area contributed by atoms with Gasteiger partial charge in [0.15, 0.2) is 0 Å². The maximum atomic E-state index is 14.7. The Morgan fingerprint density at radius 1 is 1.00 bits per heavy atom. The van der Waals surface area contributed by atoms with Gasteiger partial charge in [-0.3, -0.25) is 0 Å². The third kappa shape index (κ3) is 3.67. The Balaban J connectivity index is 1.43. The molecule has 5 nitrogen and oxygen atoms in total. The summed E-state index contributed by atoms with van der Waals surface area (Å²) in [6.45, 7) is 2.89. The summed E-state index contributed by atoms with van der Waals surface area (Å²) in [7, 11) is 2.68. The number of hydrogen-bond acceptors (Lipinski definition) is 5. The summed E-state index contributed by atoms with van der Waals surface area (Å²) in [5.41, 5.74) is 1.13. The van der Waals surface area contributed by atoms with Gasteiger partial charge >= 0.3 is 5.97 Å². The third-order valence-corrected chi connectivity index (χ3v) is 6.38. The number of hydrogen-bond donors (Lipinski definition) is 0. The zero-order valence-electron chi connectivity index (χ0n) is 16.9. The van der Waals surface area contributed by atoms with E-state index in [0.717, 1.165) is 32.0 Å². The van der Waals surface area contributed by atoms with Crippen LogP contribution in [0.5, 0.6) is 5.75 Å². The van der Waals surface area contributed by atoms with Crippen LogP contribution in [-0.2, 0) is 4.74 Å². The van der Waals surface area contributed by atoms with Crippen LogP contribution in [0.4, 0.5) is 20.2 Å². The average Bonchev–Trinajstić information content (AvgIpc) is 2.72. The summed E-state index contributed by atoms with van der Waals surface area (Å²) in [6.07, 6.45) is 1.79. The molecule has 2 saturated heterocycles. The zero-order valence-corrected chi connectivity index (χ0v) is 17.6. The third-order valence-electron chi connectivity index (χ3n) is 6.14. The number of methoxy groups -OCH3 is 2. The van der Waals surface area contributed by atoms with Gasteiger partial charge in [-0.15, -0.1) is 0 Å². The molecule has 30 heavy (non-hydrogen) atoms. The molecule has 2 heterocycles. The highest BCUT2D eigenvalue weighted by Gasteiger charge is 2.46. The summed E-state index contributed by atoms with van der Waals surface area (Å²) in [5.74, 6) is -1.15. The van der Waals surface area contributed by atoms with E-state index in [1.54, 1.807) is 18.2 Å². The first-order valence-corrected chi connectivity index (χ1v) is 10.1. The second kappa shape index (κ2) is 7.95. The summed E-state index contributed by atoms with van der Waals surface area (Å²) in [4.78, 5) is 15.8. The van der Waals surface area contributed by atoms with Gasteiger partial charge < -0.3 is 19.3 Å². The Morgan fingerprint density at radius 2 is 1.67 bits per heavy atom. The Hall–Kier alpha value is -2.54. The molecule has 0 N–H and O–H groups in total. The summed E-state index contributed by atoms with van der Waals surface area (Å²) >= 11 is 5.85. The van der Waals surface area contributed by atoms with Crippen LogP contribution in [0.1, 0.15) is 23.2 Å². The van der Waals surface area contributed by atoms with Crippen LogP contribution in [-0.4, -0.2) is 46.4 Å². The van der Waals surface area contributed by atoms with Crippen LogP contribution in [0.3, 0.4) is 0 Å². The van der Waals surface area contributed by atoms with Gasteiger partial charge in [0.1, 0.15) is 22.9 Å². The predicted molar refractivity (Wildman–Crippen MR) is 112 cm³/mol. The van der Waals surface area contributed by atoms with E-state index in [0.29, 0.717) is 29.5 Å². The smallest absolute Gasteiger partial charge is 0.341 e. The van der Waals surface area contributed by atoms with Crippen LogP contribution in [0.15, 0.2) is 30.3 Å². The number of carbonyl (C=O) groups is 1. The fraction of sp³-hybridized carbons (Fsp3) is 0.409. The molecule has 1 spiro atoms. The lowest BCUT2D eigenvalue weighted by Crippen LogP contribution is -2.60. The summed E-state index contributed by atoms with van der Waals surface area (Å²) < 4.78 is 38.8. The van der Waals surface area contributed by atoms with Gasteiger partial charge in [0, 0.05) is 42.7 Å². The monoisotopic (exact) mass is 436 g/mol. The molecule has 2 aliphatic heterocycles. The highest BCUT2D eigenvalue weighted by Crippen LogP contribution is 2.45. The first kappa shape index (κ1) is 20.7. The number of anilines is 2. The Labute approximate surface area is 179 Å². The molecule has 0 unspecified atom stereocenters. The second-order valence-corrected chi connectivity index (χ2v) is 8.37. The van der Waals surface area contributed by atoms with Crippen molar-refractivity contribution in [3.8, 4) is 5.75 Å². The van der Waals surface area contributed by atoms with Crippen LogP contribution >= 0.6 is 11.6 Å². The van der Waals surface area contributed by atoms with E-state index in [1.807, 2.05) is 9.80 Å². The minimum absolute atomic E-state index is 0.0646. The van der Waals surface area contributed by atoms with Crippen molar-refractivity contribution in [1.82, 2.24) is 0 Å². The van der Waals surface area contributed by atoms with Crippen molar-refractivity contribution in [2.75, 3.05) is 50.2 Å². The van der Waals surface area contributed by atoms with Gasteiger partial charge in [0.05, 0.1) is 25.6 Å². The van der Waals surface area contributed by atoms with E-state index in [1.165, 1.54) is 20.3 Å². The molecule has 0 aliphatic carbocycles. The first-order valence-electron chi connectivity index (χ1n) is 9.76. The Bertz CT molecular complexity index is 969. The molecule has 0 saturated carbocycles. The van der Waals surface area contributed by atoms with Gasteiger partial charge in [-0.1, -0.05) is 11.6 Å². The van der Waals surface area contributed by atoms with E-state index >= 15 is 0 Å². The molecule has 0 radical (unpaired) electrons. The fourth-order valence-corrected chi connectivity index (χ4v) is 4.59. The van der Waals surface area contributed by atoms with Crippen molar-refractivity contribution < 1.29 is 23.0 Å². The number of esters is 1. The molecule has 0 amide bonds. The van der Waals surface area contributed by atoms with Crippen molar-refractivity contribution in [3.63, 3.8) is 0 Å². The zero-order chi connectivity index (χ0) is 21.5. The molecule has 2 fully saturated rings. The van der Waals surface area contributed by atoms with E-state index < -0.39 is 11.8 Å². The van der Waals surface area contributed by atoms with Gasteiger partial charge in [-0.2, -0.15) is 0 Å². The maximum absolute atomic E-state index is 14.7. The van der Waals surface area contributed by atoms with E-state index in [-0.39, 0.29) is 22.5 Å². The number of carbonyl (C=O) groups excluding carboxylic acids is 1. The van der Waals surface area contributed by atoms with Gasteiger partial charge in [0.25, 0.3) is 0 Å². The lowest BCUT2D eigenvalue weighted by molar-refractivity contribution is 0.0596. The van der Waals surface area contributed by atoms with Gasteiger partial charge in [-0.25, -0.2) is 13.6 Å². The van der Waals surface area contributed by atoms with Gasteiger partial charge in [0.2, 0.25) is 0 Å². The maximum Gasteiger partial charge on any atom is 0.341 e. The van der Waals surface area contributed by atoms with Crippen LogP contribution in [0.2, 0.25) is 5.02 Å². The number of halogens is 3. The summed E-state index contributed by atoms with van der Waals surface area (Å²) in [5, 5.41) is 0.384. The van der Waals surface area contributed by atoms with E-state index in [9.17, 15) is 13.6 Å². The van der Waals surface area contributed by atoms with Crippen molar-refractivity contribution in [2.45, 2.75) is 12.8 Å². The highest BCUT2D eigenvalue weighted by molar-refractivity contribution is 6.30. The standard InChI is InChI=1S/C22H23ClF2N2O3/c1-29-20-11-19(17(25)10-15(20)21(28)30-2)27-12-22(13-27)5-7-26(8-6-22)18-4-3-14(23)9-16(18)24/h3-4,9-11H,5-8,12-13H2,1-2H3. The molecule has 2 aromatic carbocycles. The van der Waals surface area contributed by atoms with E-state index in [4.69, 9.17) is 16.3 Å². The number of benzene rings is 2. The lowest BCUT2D eigenvalue weighted by Gasteiger charge is -2.55. The van der Waals surface area contributed by atoms with Crippen molar-refractivity contribution in [3.05, 3.63) is 52.6 Å². The summed E-state index contributed by atoms with van der Waals surface area (Å²) in [6, 6.07) is 7.46. The largest absolute Gasteiger partial charge is 0.496 e. The minimum atomic E-state index is -0.640. The van der Waals surface area contributed by atoms with Crippen molar-refractivity contribution in [2.24, 2.45) is 5.41 Å². The molecular weight excluding hydrogens is 414 g/mol. The first-order chi connectivity index (χ1) is 14.4. The minimum Gasteiger partial charge on any atom is -0.496 e.